The van der Waals surface area contributed by atoms with Gasteiger partial charge in [-0.05, 0) is 61.1 Å². The Hall–Kier alpha value is -0.540. The first-order valence-electron chi connectivity index (χ1n) is 7.69. The zero-order valence-electron chi connectivity index (χ0n) is 13.0. The Labute approximate surface area is 126 Å². The van der Waals surface area contributed by atoms with Crippen LogP contribution in [0.25, 0.3) is 0 Å². The quantitative estimate of drug-likeness (QED) is 0.755. The molecule has 1 aromatic carbocycles. The van der Waals surface area contributed by atoms with Crippen molar-refractivity contribution in [3.8, 4) is 0 Å². The van der Waals surface area contributed by atoms with E-state index in [2.05, 4.69) is 32.2 Å². The summed E-state index contributed by atoms with van der Waals surface area (Å²) in [4.78, 5) is 0.745. The van der Waals surface area contributed by atoms with E-state index >= 15 is 0 Å². The van der Waals surface area contributed by atoms with Crippen molar-refractivity contribution in [2.75, 3.05) is 12.8 Å². The van der Waals surface area contributed by atoms with Crippen molar-refractivity contribution in [2.45, 2.75) is 56.9 Å². The fourth-order valence-electron chi connectivity index (χ4n) is 3.92. The number of hydrogen-bond acceptors (Lipinski definition) is 2. The lowest BCUT2D eigenvalue weighted by Gasteiger charge is -2.56. The van der Waals surface area contributed by atoms with Gasteiger partial charge in [0.15, 0.2) is 0 Å². The third-order valence-electron chi connectivity index (χ3n) is 5.20. The highest BCUT2D eigenvalue weighted by atomic mass is 32.2. The van der Waals surface area contributed by atoms with Crippen LogP contribution < -0.4 is 5.32 Å². The first-order chi connectivity index (χ1) is 9.62. The van der Waals surface area contributed by atoms with Crippen molar-refractivity contribution in [3.05, 3.63) is 29.6 Å². The van der Waals surface area contributed by atoms with E-state index in [0.29, 0.717) is 17.4 Å². The monoisotopic (exact) mass is 295 g/mol. The maximum absolute atomic E-state index is 14.0. The van der Waals surface area contributed by atoms with Gasteiger partial charge >= 0.3 is 0 Å². The van der Waals surface area contributed by atoms with E-state index < -0.39 is 0 Å². The van der Waals surface area contributed by atoms with Crippen molar-refractivity contribution < 1.29 is 4.39 Å². The van der Waals surface area contributed by atoms with Crippen LogP contribution in [0.5, 0.6) is 0 Å². The average molecular weight is 295 g/mol. The largest absolute Gasteiger partial charge is 0.314 e. The molecule has 0 bridgehead atoms. The minimum atomic E-state index is -0.0667. The molecule has 1 aliphatic carbocycles. The van der Waals surface area contributed by atoms with E-state index in [1.54, 1.807) is 6.07 Å². The highest BCUT2D eigenvalue weighted by molar-refractivity contribution is 7.98. The van der Waals surface area contributed by atoms with Crippen LogP contribution in [0.15, 0.2) is 23.1 Å². The zero-order valence-corrected chi connectivity index (χ0v) is 13.8. The van der Waals surface area contributed by atoms with Gasteiger partial charge < -0.3 is 5.32 Å². The van der Waals surface area contributed by atoms with Crippen molar-refractivity contribution >= 4 is 11.8 Å². The van der Waals surface area contributed by atoms with Crippen molar-refractivity contribution in [2.24, 2.45) is 5.41 Å². The van der Waals surface area contributed by atoms with Crippen molar-refractivity contribution in [1.29, 1.82) is 0 Å². The third kappa shape index (κ3) is 2.50. The van der Waals surface area contributed by atoms with Crippen LogP contribution in [0, 0.1) is 11.2 Å². The van der Waals surface area contributed by atoms with E-state index in [9.17, 15) is 4.39 Å². The predicted octanol–water partition coefficient (Wildman–Crippen LogP) is 4.82. The van der Waals surface area contributed by atoms with Gasteiger partial charge in [0.05, 0.1) is 0 Å². The van der Waals surface area contributed by atoms with Gasteiger partial charge in [-0.2, -0.15) is 0 Å². The highest BCUT2D eigenvalue weighted by Gasteiger charge is 2.52. The maximum Gasteiger partial charge on any atom is 0.137 e. The molecule has 0 aromatic heterocycles. The molecule has 1 N–H and O–H groups in total. The van der Waals surface area contributed by atoms with Gasteiger partial charge in [-0.25, -0.2) is 4.39 Å². The Kier molecular flexibility index (Phi) is 5.14. The van der Waals surface area contributed by atoms with Gasteiger partial charge in [0.25, 0.3) is 0 Å². The van der Waals surface area contributed by atoms with Crippen LogP contribution in [0.1, 0.15) is 51.5 Å². The zero-order chi connectivity index (χ0) is 14.8. The molecular weight excluding hydrogens is 269 g/mol. The first-order valence-corrected chi connectivity index (χ1v) is 8.92. The molecule has 0 heterocycles. The predicted molar refractivity (Wildman–Crippen MR) is 86.0 cm³/mol. The van der Waals surface area contributed by atoms with Gasteiger partial charge in [0, 0.05) is 10.9 Å². The molecule has 2 unspecified atom stereocenters. The number of thioether (sulfide) groups is 1. The minimum Gasteiger partial charge on any atom is -0.314 e. The summed E-state index contributed by atoms with van der Waals surface area (Å²) < 4.78 is 14.0. The summed E-state index contributed by atoms with van der Waals surface area (Å²) in [6, 6.07) is 6.41. The summed E-state index contributed by atoms with van der Waals surface area (Å²) in [6.07, 6.45) is 5.36. The standard InChI is InChI=1S/C17H26FNS/c1-5-17(6-2)13(11-16(17)19-7-3)12-8-9-15(20-4)14(18)10-12/h8-10,13,16,19H,5-7,11H2,1-4H3. The normalized spacial score (nSPS) is 24.4. The molecule has 1 saturated carbocycles. The molecule has 20 heavy (non-hydrogen) atoms. The van der Waals surface area contributed by atoms with Crippen molar-refractivity contribution in [3.63, 3.8) is 0 Å². The van der Waals surface area contributed by atoms with Gasteiger partial charge in [0.1, 0.15) is 5.82 Å². The lowest BCUT2D eigenvalue weighted by molar-refractivity contribution is 0.0208. The Bertz CT molecular complexity index is 456. The molecular formula is C17H26FNS. The number of hydrogen-bond donors (Lipinski definition) is 1. The molecule has 1 fully saturated rings. The summed E-state index contributed by atoms with van der Waals surface area (Å²) in [5.74, 6) is 0.426. The first kappa shape index (κ1) is 15.8. The number of halogens is 1. The summed E-state index contributed by atoms with van der Waals surface area (Å²) in [5.41, 5.74) is 1.47. The molecule has 1 aromatic rings. The number of nitrogens with one attached hydrogen (secondary N) is 1. The summed E-state index contributed by atoms with van der Waals surface area (Å²) in [7, 11) is 0. The van der Waals surface area contributed by atoms with Crippen LogP contribution in [0.2, 0.25) is 0 Å². The molecule has 0 amide bonds. The summed E-state index contributed by atoms with van der Waals surface area (Å²) >= 11 is 1.47. The van der Waals surface area contributed by atoms with Crippen LogP contribution in [-0.2, 0) is 0 Å². The van der Waals surface area contributed by atoms with Gasteiger partial charge in [-0.15, -0.1) is 11.8 Å². The molecule has 0 radical (unpaired) electrons. The Balaban J connectivity index is 2.26. The molecule has 2 atom stereocenters. The number of rotatable bonds is 6. The Morgan fingerprint density at radius 2 is 2.00 bits per heavy atom. The van der Waals surface area contributed by atoms with E-state index in [4.69, 9.17) is 0 Å². The molecule has 0 saturated heterocycles. The fourth-order valence-corrected chi connectivity index (χ4v) is 4.38. The second-order valence-corrected chi connectivity index (χ2v) is 6.58. The Morgan fingerprint density at radius 1 is 1.30 bits per heavy atom. The SMILES string of the molecule is CCNC1CC(c2ccc(SC)c(F)c2)C1(CC)CC. The third-order valence-corrected chi connectivity index (χ3v) is 5.98. The van der Waals surface area contributed by atoms with Crippen LogP contribution in [0.3, 0.4) is 0 Å². The van der Waals surface area contributed by atoms with Gasteiger partial charge in [0.2, 0.25) is 0 Å². The van der Waals surface area contributed by atoms with Gasteiger partial charge in [-0.3, -0.25) is 0 Å². The molecule has 3 heteroatoms. The maximum atomic E-state index is 14.0. The van der Waals surface area contributed by atoms with Crippen LogP contribution in [0.4, 0.5) is 4.39 Å². The highest BCUT2D eigenvalue weighted by Crippen LogP contribution is 2.57. The topological polar surface area (TPSA) is 12.0 Å². The van der Waals surface area contributed by atoms with Crippen molar-refractivity contribution in [1.82, 2.24) is 5.32 Å². The Morgan fingerprint density at radius 3 is 2.50 bits per heavy atom. The van der Waals surface area contributed by atoms with Gasteiger partial charge in [-0.1, -0.05) is 26.8 Å². The van der Waals surface area contributed by atoms with Crippen LogP contribution in [-0.4, -0.2) is 18.8 Å². The number of benzene rings is 1. The molecule has 2 rings (SSSR count). The van der Waals surface area contributed by atoms with Crippen LogP contribution >= 0.6 is 11.8 Å². The summed E-state index contributed by atoms with van der Waals surface area (Å²) in [6.45, 7) is 7.72. The molecule has 112 valence electrons. The molecule has 1 aliphatic rings. The molecule has 0 spiro atoms. The van der Waals surface area contributed by atoms with E-state index in [1.807, 2.05) is 12.3 Å². The lowest BCUT2D eigenvalue weighted by atomic mass is 9.52. The smallest absolute Gasteiger partial charge is 0.137 e. The minimum absolute atomic E-state index is 0.0667. The molecule has 0 aliphatic heterocycles. The second-order valence-electron chi connectivity index (χ2n) is 5.73. The second kappa shape index (κ2) is 6.48. The van der Waals surface area contributed by atoms with E-state index in [1.165, 1.54) is 17.3 Å². The average Bonchev–Trinajstić information content (AvgIpc) is 2.44. The summed E-state index contributed by atoms with van der Waals surface area (Å²) in [5, 5.41) is 3.61. The van der Waals surface area contributed by atoms with E-state index in [-0.39, 0.29) is 5.82 Å². The van der Waals surface area contributed by atoms with E-state index in [0.717, 1.165) is 30.7 Å². The lowest BCUT2D eigenvalue weighted by Crippen LogP contribution is -2.58. The molecule has 1 nitrogen and oxygen atoms in total. The fraction of sp³-hybridized carbons (Fsp3) is 0.647.